The number of benzene rings is 1. The lowest BCUT2D eigenvalue weighted by Gasteiger charge is -1.99. The predicted molar refractivity (Wildman–Crippen MR) is 35.7 cm³/mol. The van der Waals surface area contributed by atoms with Gasteiger partial charge in [0.15, 0.2) is 17.4 Å². The van der Waals surface area contributed by atoms with Crippen molar-refractivity contribution >= 4 is 15.9 Å². The molecule has 1 N–H and O–H groups in total. The molecule has 60 valence electrons. The van der Waals surface area contributed by atoms with Crippen molar-refractivity contribution in [2.45, 2.75) is 0 Å². The molecule has 0 aliphatic carbocycles. The SMILES string of the molecule is Oc1c(F)c(F)cc(Br)c1F. The third-order valence-corrected chi connectivity index (χ3v) is 1.67. The van der Waals surface area contributed by atoms with Gasteiger partial charge in [0.2, 0.25) is 5.82 Å². The largest absolute Gasteiger partial charge is 0.503 e. The monoisotopic (exact) mass is 226 g/mol. The maximum Gasteiger partial charge on any atom is 0.203 e. The summed E-state index contributed by atoms with van der Waals surface area (Å²) in [6.45, 7) is 0. The van der Waals surface area contributed by atoms with Gasteiger partial charge in [-0.25, -0.2) is 8.78 Å². The lowest BCUT2D eigenvalue weighted by Crippen LogP contribution is -1.89. The first-order valence-corrected chi connectivity index (χ1v) is 3.35. The summed E-state index contributed by atoms with van der Waals surface area (Å²) < 4.78 is 36.7. The summed E-state index contributed by atoms with van der Waals surface area (Å²) in [5.74, 6) is -5.39. The Bertz CT molecular complexity index is 274. The Kier molecular flexibility index (Phi) is 2.08. The second-order valence-electron chi connectivity index (χ2n) is 1.82. The van der Waals surface area contributed by atoms with Crippen molar-refractivity contribution in [1.82, 2.24) is 0 Å². The lowest BCUT2D eigenvalue weighted by molar-refractivity contribution is 0.374. The van der Waals surface area contributed by atoms with Gasteiger partial charge >= 0.3 is 0 Å². The zero-order chi connectivity index (χ0) is 8.59. The molecular formula is C6H2BrF3O. The summed E-state index contributed by atoms with van der Waals surface area (Å²) in [5.41, 5.74) is 0. The molecule has 0 heterocycles. The molecule has 1 aromatic rings. The average Bonchev–Trinajstić information content (AvgIpc) is 1.97. The Morgan fingerprint density at radius 2 is 1.73 bits per heavy atom. The number of aromatic hydroxyl groups is 1. The van der Waals surface area contributed by atoms with Crippen LogP contribution in [0.4, 0.5) is 13.2 Å². The van der Waals surface area contributed by atoms with Crippen LogP contribution in [0.1, 0.15) is 0 Å². The Balaban J connectivity index is 3.46. The van der Waals surface area contributed by atoms with Crippen LogP contribution in [0.2, 0.25) is 0 Å². The van der Waals surface area contributed by atoms with Crippen LogP contribution in [0, 0.1) is 17.5 Å². The van der Waals surface area contributed by atoms with E-state index < -0.39 is 23.2 Å². The smallest absolute Gasteiger partial charge is 0.203 e. The molecule has 1 nitrogen and oxygen atoms in total. The lowest BCUT2D eigenvalue weighted by atomic mass is 10.3. The normalized spacial score (nSPS) is 10.2. The van der Waals surface area contributed by atoms with Gasteiger partial charge in [-0.1, -0.05) is 0 Å². The highest BCUT2D eigenvalue weighted by Crippen LogP contribution is 2.28. The van der Waals surface area contributed by atoms with Crippen molar-refractivity contribution in [3.63, 3.8) is 0 Å². The average molecular weight is 227 g/mol. The first-order valence-electron chi connectivity index (χ1n) is 2.56. The summed E-state index contributed by atoms with van der Waals surface area (Å²) in [5, 5.41) is 8.55. The molecule has 0 aliphatic heterocycles. The van der Waals surface area contributed by atoms with Crippen LogP contribution < -0.4 is 0 Å². The molecule has 0 spiro atoms. The van der Waals surface area contributed by atoms with E-state index in [2.05, 4.69) is 15.9 Å². The summed E-state index contributed by atoms with van der Waals surface area (Å²) in [7, 11) is 0. The molecule has 0 radical (unpaired) electrons. The maximum absolute atomic E-state index is 12.5. The van der Waals surface area contributed by atoms with Crippen molar-refractivity contribution in [1.29, 1.82) is 0 Å². The van der Waals surface area contributed by atoms with Crippen LogP contribution in [-0.2, 0) is 0 Å². The van der Waals surface area contributed by atoms with E-state index in [0.29, 0.717) is 6.07 Å². The zero-order valence-corrected chi connectivity index (χ0v) is 6.62. The number of hydrogen-bond donors (Lipinski definition) is 1. The maximum atomic E-state index is 12.5. The molecule has 1 aromatic carbocycles. The molecule has 0 unspecified atom stereocenters. The zero-order valence-electron chi connectivity index (χ0n) is 5.04. The molecule has 0 saturated carbocycles. The minimum absolute atomic E-state index is 0.311. The highest BCUT2D eigenvalue weighted by atomic mass is 79.9. The van der Waals surface area contributed by atoms with Crippen molar-refractivity contribution in [2.75, 3.05) is 0 Å². The van der Waals surface area contributed by atoms with Gasteiger partial charge in [0.25, 0.3) is 0 Å². The second kappa shape index (κ2) is 2.73. The molecule has 1 rings (SSSR count). The van der Waals surface area contributed by atoms with Gasteiger partial charge in [-0.3, -0.25) is 0 Å². The van der Waals surface area contributed by atoms with Crippen LogP contribution in [0.3, 0.4) is 0 Å². The van der Waals surface area contributed by atoms with Crippen LogP contribution in [0.5, 0.6) is 5.75 Å². The van der Waals surface area contributed by atoms with Gasteiger partial charge in [0, 0.05) is 0 Å². The van der Waals surface area contributed by atoms with Gasteiger partial charge in [0.05, 0.1) is 4.47 Å². The quantitative estimate of drug-likeness (QED) is 0.675. The Hall–Kier alpha value is -0.710. The van der Waals surface area contributed by atoms with Crippen molar-refractivity contribution in [3.05, 3.63) is 28.0 Å². The van der Waals surface area contributed by atoms with Crippen LogP contribution in [0.25, 0.3) is 0 Å². The molecule has 11 heavy (non-hydrogen) atoms. The minimum Gasteiger partial charge on any atom is -0.503 e. The fourth-order valence-corrected chi connectivity index (χ4v) is 0.949. The van der Waals surface area contributed by atoms with E-state index in [1.807, 2.05) is 0 Å². The summed E-state index contributed by atoms with van der Waals surface area (Å²) >= 11 is 2.59. The van der Waals surface area contributed by atoms with Gasteiger partial charge in [-0.2, -0.15) is 4.39 Å². The van der Waals surface area contributed by atoms with E-state index in [1.165, 1.54) is 0 Å². The Morgan fingerprint density at radius 1 is 1.18 bits per heavy atom. The van der Waals surface area contributed by atoms with E-state index in [1.54, 1.807) is 0 Å². The van der Waals surface area contributed by atoms with Crippen molar-refractivity contribution in [3.8, 4) is 5.75 Å². The molecule has 5 heteroatoms. The molecular weight excluding hydrogens is 225 g/mol. The van der Waals surface area contributed by atoms with Crippen LogP contribution in [-0.4, -0.2) is 5.11 Å². The van der Waals surface area contributed by atoms with Crippen molar-refractivity contribution in [2.24, 2.45) is 0 Å². The molecule has 0 amide bonds. The fraction of sp³-hybridized carbons (Fsp3) is 0. The molecule has 0 bridgehead atoms. The van der Waals surface area contributed by atoms with Gasteiger partial charge in [-0.05, 0) is 22.0 Å². The highest BCUT2D eigenvalue weighted by molar-refractivity contribution is 9.10. The Labute approximate surface area is 68.6 Å². The summed E-state index contributed by atoms with van der Waals surface area (Å²) in [4.78, 5) is 0. The highest BCUT2D eigenvalue weighted by Gasteiger charge is 2.15. The van der Waals surface area contributed by atoms with Crippen molar-refractivity contribution < 1.29 is 18.3 Å². The van der Waals surface area contributed by atoms with Crippen LogP contribution in [0.15, 0.2) is 10.5 Å². The first kappa shape index (κ1) is 8.39. The van der Waals surface area contributed by atoms with E-state index in [9.17, 15) is 13.2 Å². The first-order chi connectivity index (χ1) is 5.04. The predicted octanol–water partition coefficient (Wildman–Crippen LogP) is 2.57. The van der Waals surface area contributed by atoms with E-state index in [-0.39, 0.29) is 4.47 Å². The molecule has 0 aliphatic rings. The van der Waals surface area contributed by atoms with Gasteiger partial charge < -0.3 is 5.11 Å². The Morgan fingerprint density at radius 3 is 2.27 bits per heavy atom. The number of halogens is 4. The topological polar surface area (TPSA) is 20.2 Å². The second-order valence-corrected chi connectivity index (χ2v) is 2.67. The third-order valence-electron chi connectivity index (χ3n) is 1.09. The summed E-state index contributed by atoms with van der Waals surface area (Å²) in [6, 6.07) is 0.602. The summed E-state index contributed by atoms with van der Waals surface area (Å²) in [6.07, 6.45) is 0. The van der Waals surface area contributed by atoms with Gasteiger partial charge in [0.1, 0.15) is 0 Å². The number of phenolic OH excluding ortho intramolecular Hbond substituents is 1. The number of phenols is 1. The minimum atomic E-state index is -1.58. The number of rotatable bonds is 0. The molecule has 0 aromatic heterocycles. The van der Waals surface area contributed by atoms with E-state index in [0.717, 1.165) is 0 Å². The van der Waals surface area contributed by atoms with Gasteiger partial charge in [-0.15, -0.1) is 0 Å². The van der Waals surface area contributed by atoms with Crippen LogP contribution >= 0.6 is 15.9 Å². The third kappa shape index (κ3) is 1.33. The molecule has 0 saturated heterocycles. The van der Waals surface area contributed by atoms with E-state index in [4.69, 9.17) is 5.11 Å². The fourth-order valence-electron chi connectivity index (χ4n) is 0.561. The molecule has 0 atom stereocenters. The van der Waals surface area contributed by atoms with E-state index >= 15 is 0 Å². The standard InChI is InChI=1S/C6H2BrF3O/c7-2-1-3(8)5(10)6(11)4(2)9/h1,11H. The number of hydrogen-bond acceptors (Lipinski definition) is 1. The molecule has 0 fully saturated rings.